The van der Waals surface area contributed by atoms with Crippen molar-refractivity contribution in [2.45, 2.75) is 51.8 Å². The fraction of sp³-hybridized carbons (Fsp3) is 0.382. The van der Waals surface area contributed by atoms with Gasteiger partial charge in [-0.3, -0.25) is 43.9 Å². The van der Waals surface area contributed by atoms with E-state index in [-0.39, 0.29) is 69.3 Å². The Morgan fingerprint density at radius 1 is 0.943 bits per heavy atom. The number of hydrogen-bond donors (Lipinski definition) is 4. The number of nitrogens with two attached hydrogens (primary N) is 2. The van der Waals surface area contributed by atoms with Crippen molar-refractivity contribution in [1.82, 2.24) is 15.5 Å². The number of nitrogens with one attached hydrogen (secondary N) is 2. The monoisotopic (exact) mass is 739 g/mol. The highest BCUT2D eigenvalue weighted by atomic mass is 16.7. The molecule has 53 heavy (non-hydrogen) atoms. The van der Waals surface area contributed by atoms with Gasteiger partial charge in [0.05, 0.1) is 24.7 Å². The molecule has 1 aliphatic rings. The van der Waals surface area contributed by atoms with Gasteiger partial charge in [-0.25, -0.2) is 9.59 Å². The van der Waals surface area contributed by atoms with E-state index in [0.717, 1.165) is 29.2 Å². The van der Waals surface area contributed by atoms with E-state index in [2.05, 4.69) is 10.6 Å². The van der Waals surface area contributed by atoms with E-state index >= 15 is 0 Å². The van der Waals surface area contributed by atoms with Gasteiger partial charge in [-0.05, 0) is 48.6 Å². The summed E-state index contributed by atoms with van der Waals surface area (Å²) in [6, 6.07) is 7.73. The largest absolute Gasteiger partial charge is 0.514 e. The lowest BCUT2D eigenvalue weighted by atomic mass is 9.99. The van der Waals surface area contributed by atoms with Crippen LogP contribution in [0.25, 0.3) is 0 Å². The number of nitro benzene ring substituents is 1. The Kier molecular flexibility index (Phi) is 15.4. The molecule has 2 aromatic rings. The first kappa shape index (κ1) is 41.1. The number of imide groups is 1. The van der Waals surface area contributed by atoms with Crippen LogP contribution >= 0.6 is 0 Å². The van der Waals surface area contributed by atoms with Crippen molar-refractivity contribution in [2.24, 2.45) is 17.4 Å². The lowest BCUT2D eigenvalue weighted by Gasteiger charge is -2.34. The van der Waals surface area contributed by atoms with E-state index in [1.165, 1.54) is 41.3 Å². The smallest absolute Gasteiger partial charge is 0.429 e. The quantitative estimate of drug-likeness (QED) is 0.0375. The molecule has 0 fully saturated rings. The highest BCUT2D eigenvalue weighted by molar-refractivity contribution is 6.12. The number of hydrogen-bond acceptors (Lipinski definition) is 12. The van der Waals surface area contributed by atoms with Gasteiger partial charge in [0.1, 0.15) is 24.4 Å². The predicted octanol–water partition coefficient (Wildman–Crippen LogP) is 1.42. The fourth-order valence-corrected chi connectivity index (χ4v) is 5.01. The first-order chi connectivity index (χ1) is 25.2. The summed E-state index contributed by atoms with van der Waals surface area (Å²) < 4.78 is 15.6. The zero-order chi connectivity index (χ0) is 39.1. The highest BCUT2D eigenvalue weighted by Crippen LogP contribution is 2.24. The molecule has 19 heteroatoms. The Hall–Kier alpha value is -6.37. The van der Waals surface area contributed by atoms with Crippen LogP contribution in [-0.4, -0.2) is 89.9 Å². The van der Waals surface area contributed by atoms with Crippen LogP contribution in [-0.2, 0) is 40.1 Å². The molecule has 0 aliphatic carbocycles. The van der Waals surface area contributed by atoms with E-state index < -0.39 is 64.6 Å². The van der Waals surface area contributed by atoms with Crippen molar-refractivity contribution in [3.05, 3.63) is 76.4 Å². The SMILES string of the molecule is CC(C)[C@H](NC(=O)CCOCCN1C(=O)C=CC1=O)C(=O)N(c1ccc(COC(=O)Oc2ccc([N+](=O)[O-])cc2)cc1)[C@@H](CCCNC(N)=O)C(N)=O. The van der Waals surface area contributed by atoms with Crippen LogP contribution in [0.5, 0.6) is 5.75 Å². The van der Waals surface area contributed by atoms with E-state index in [1.54, 1.807) is 13.8 Å². The summed E-state index contributed by atoms with van der Waals surface area (Å²) in [6.45, 7) is 3.17. The van der Waals surface area contributed by atoms with Gasteiger partial charge >= 0.3 is 12.2 Å². The first-order valence-electron chi connectivity index (χ1n) is 16.4. The van der Waals surface area contributed by atoms with Gasteiger partial charge in [0.25, 0.3) is 23.4 Å². The second kappa shape index (κ2) is 19.9. The molecule has 0 unspecified atom stereocenters. The topological polar surface area (TPSA) is 273 Å². The lowest BCUT2D eigenvalue weighted by Crippen LogP contribution is -2.57. The summed E-state index contributed by atoms with van der Waals surface area (Å²) in [7, 11) is 0. The van der Waals surface area contributed by atoms with Gasteiger partial charge in [0.2, 0.25) is 11.8 Å². The van der Waals surface area contributed by atoms with Crippen LogP contribution in [0.2, 0.25) is 0 Å². The third kappa shape index (κ3) is 12.7. The van der Waals surface area contributed by atoms with Crippen molar-refractivity contribution < 1.29 is 52.7 Å². The molecule has 2 aromatic carbocycles. The Balaban J connectivity index is 1.70. The third-order valence-corrected chi connectivity index (χ3v) is 7.73. The molecule has 6 N–H and O–H groups in total. The number of carbonyl (C=O) groups is 7. The van der Waals surface area contributed by atoms with Gasteiger partial charge in [-0.15, -0.1) is 0 Å². The first-order valence-corrected chi connectivity index (χ1v) is 16.4. The Morgan fingerprint density at radius 3 is 2.15 bits per heavy atom. The van der Waals surface area contributed by atoms with Gasteiger partial charge in [-0.1, -0.05) is 26.0 Å². The molecule has 284 valence electrons. The number of non-ortho nitro benzene ring substituents is 1. The van der Waals surface area contributed by atoms with Gasteiger partial charge < -0.3 is 36.3 Å². The molecular formula is C34H41N7O12. The summed E-state index contributed by atoms with van der Waals surface area (Å²) in [4.78, 5) is 99.1. The standard InChI is InChI=1S/C34H41N7O12/c1-21(2)30(38-27(42)15-18-51-19-17-39-28(43)13-14-29(39)44)32(46)40(26(31(35)45)4-3-16-37-33(36)47)23-7-5-22(6-8-23)20-52-34(48)53-25-11-9-24(10-12-25)41(49)50/h5-14,21,26,30H,3-4,15-20H2,1-2H3,(H2,35,45)(H,38,42)(H3,36,37,47)/t26-,30-/m0/s1. The zero-order valence-corrected chi connectivity index (χ0v) is 29.1. The molecule has 1 heterocycles. The van der Waals surface area contributed by atoms with Crippen LogP contribution in [0.4, 0.5) is 21.0 Å². The van der Waals surface area contributed by atoms with Crippen LogP contribution in [0.3, 0.4) is 0 Å². The van der Waals surface area contributed by atoms with Gasteiger partial charge in [0, 0.05) is 42.9 Å². The normalized spacial score (nSPS) is 13.3. The predicted molar refractivity (Wildman–Crippen MR) is 186 cm³/mol. The number of benzene rings is 2. The molecule has 2 atom stereocenters. The average molecular weight is 740 g/mol. The highest BCUT2D eigenvalue weighted by Gasteiger charge is 2.36. The van der Waals surface area contributed by atoms with Crippen LogP contribution in [0.1, 0.15) is 38.7 Å². The number of ether oxygens (including phenoxy) is 3. The number of primary amides is 2. The maximum Gasteiger partial charge on any atom is 0.514 e. The minimum Gasteiger partial charge on any atom is -0.429 e. The summed E-state index contributed by atoms with van der Waals surface area (Å²) in [6.07, 6.45) is 1.30. The number of amides is 7. The van der Waals surface area contributed by atoms with Crippen LogP contribution in [0, 0.1) is 16.0 Å². The second-order valence-corrected chi connectivity index (χ2v) is 11.9. The maximum atomic E-state index is 14.2. The Morgan fingerprint density at radius 2 is 1.58 bits per heavy atom. The van der Waals surface area contributed by atoms with Gasteiger partial charge in [0.15, 0.2) is 0 Å². The van der Waals surface area contributed by atoms with Crippen molar-refractivity contribution in [3.8, 4) is 5.75 Å². The fourth-order valence-electron chi connectivity index (χ4n) is 5.01. The summed E-state index contributed by atoms with van der Waals surface area (Å²) in [5, 5.41) is 15.9. The number of nitro groups is 1. The van der Waals surface area contributed by atoms with Crippen LogP contribution < -0.4 is 31.7 Å². The third-order valence-electron chi connectivity index (χ3n) is 7.73. The molecule has 0 saturated heterocycles. The van der Waals surface area contributed by atoms with Gasteiger partial charge in [-0.2, -0.15) is 0 Å². The molecule has 3 rings (SSSR count). The maximum absolute atomic E-state index is 14.2. The minimum atomic E-state index is -1.22. The van der Waals surface area contributed by atoms with Crippen molar-refractivity contribution in [2.75, 3.05) is 31.2 Å². The number of carbonyl (C=O) groups excluding carboxylic acids is 7. The van der Waals surface area contributed by atoms with E-state index in [1.807, 2.05) is 0 Å². The second-order valence-electron chi connectivity index (χ2n) is 11.9. The minimum absolute atomic E-state index is 0.000331. The number of urea groups is 1. The van der Waals surface area contributed by atoms with E-state index in [0.29, 0.717) is 5.56 Å². The summed E-state index contributed by atoms with van der Waals surface area (Å²) in [5.41, 5.74) is 11.4. The summed E-state index contributed by atoms with van der Waals surface area (Å²) >= 11 is 0. The Labute approximate surface area is 303 Å². The average Bonchev–Trinajstić information content (AvgIpc) is 3.43. The molecule has 19 nitrogen and oxygen atoms in total. The lowest BCUT2D eigenvalue weighted by molar-refractivity contribution is -0.384. The van der Waals surface area contributed by atoms with Crippen LogP contribution in [0.15, 0.2) is 60.7 Å². The zero-order valence-electron chi connectivity index (χ0n) is 29.1. The summed E-state index contributed by atoms with van der Waals surface area (Å²) in [5.74, 6) is -3.40. The molecular weight excluding hydrogens is 698 g/mol. The van der Waals surface area contributed by atoms with Crippen molar-refractivity contribution >= 4 is 53.1 Å². The molecule has 0 aromatic heterocycles. The molecule has 0 radical (unpaired) electrons. The molecule has 7 amide bonds. The Bertz CT molecular complexity index is 1680. The molecule has 0 bridgehead atoms. The van der Waals surface area contributed by atoms with E-state index in [9.17, 15) is 43.7 Å². The van der Waals surface area contributed by atoms with Crippen molar-refractivity contribution in [1.29, 1.82) is 0 Å². The molecule has 0 spiro atoms. The number of rotatable bonds is 20. The molecule has 1 aliphatic heterocycles. The van der Waals surface area contributed by atoms with E-state index in [4.69, 9.17) is 25.7 Å². The number of nitrogens with zero attached hydrogens (tertiary/aromatic N) is 3. The molecule has 0 saturated carbocycles. The number of anilines is 1. The van der Waals surface area contributed by atoms with Crippen molar-refractivity contribution in [3.63, 3.8) is 0 Å².